The zero-order valence-corrected chi connectivity index (χ0v) is 11.6. The number of nitrogens with zero attached hydrogens (tertiary/aromatic N) is 2. The quantitative estimate of drug-likeness (QED) is 0.730. The molecule has 0 unspecified atom stereocenters. The molecule has 3 rings (SSSR count). The maximum atomic E-state index is 9.00. The van der Waals surface area contributed by atoms with Crippen LogP contribution in [-0.4, -0.2) is 14.9 Å². The van der Waals surface area contributed by atoms with Gasteiger partial charge in [-0.3, -0.25) is 4.68 Å². The van der Waals surface area contributed by atoms with Crippen molar-refractivity contribution in [3.63, 3.8) is 0 Å². The second kappa shape index (κ2) is 6.28. The fourth-order valence-corrected chi connectivity index (χ4v) is 2.18. The summed E-state index contributed by atoms with van der Waals surface area (Å²) < 4.78 is 7.36. The van der Waals surface area contributed by atoms with Crippen LogP contribution < -0.4 is 5.32 Å². The highest BCUT2D eigenvalue weighted by Crippen LogP contribution is 2.18. The van der Waals surface area contributed by atoms with E-state index < -0.39 is 0 Å². The maximum absolute atomic E-state index is 9.00. The van der Waals surface area contributed by atoms with Crippen molar-refractivity contribution in [1.29, 1.82) is 0 Å². The van der Waals surface area contributed by atoms with E-state index in [0.717, 1.165) is 23.6 Å². The van der Waals surface area contributed by atoms with E-state index in [1.54, 1.807) is 12.3 Å². The van der Waals surface area contributed by atoms with E-state index in [1.165, 1.54) is 0 Å². The van der Waals surface area contributed by atoms with Gasteiger partial charge in [0, 0.05) is 18.1 Å². The van der Waals surface area contributed by atoms with Crippen LogP contribution in [-0.2, 0) is 19.7 Å². The molecular formula is C16H17N3O2. The van der Waals surface area contributed by atoms with Gasteiger partial charge in [0.25, 0.3) is 0 Å². The number of furan rings is 1. The average molecular weight is 283 g/mol. The Morgan fingerprint density at radius 2 is 1.95 bits per heavy atom. The minimum absolute atomic E-state index is 0.0735. The molecule has 0 radical (unpaired) electrons. The summed E-state index contributed by atoms with van der Waals surface area (Å²) in [5.41, 5.74) is 2.21. The second-order valence-electron chi connectivity index (χ2n) is 4.74. The Balaban J connectivity index is 1.70. The molecule has 0 saturated carbocycles. The van der Waals surface area contributed by atoms with Crippen LogP contribution in [0.5, 0.6) is 0 Å². The van der Waals surface area contributed by atoms with E-state index in [4.69, 9.17) is 9.52 Å². The molecule has 0 fully saturated rings. The first-order chi connectivity index (χ1) is 10.3. The average Bonchev–Trinajstić information content (AvgIpc) is 3.17. The van der Waals surface area contributed by atoms with Crippen LogP contribution in [0.1, 0.15) is 17.1 Å². The fraction of sp³-hybridized carbons (Fsp3) is 0.188. The summed E-state index contributed by atoms with van der Waals surface area (Å²) in [4.78, 5) is 0. The third-order valence-electron chi connectivity index (χ3n) is 3.24. The fourth-order valence-electron chi connectivity index (χ4n) is 2.18. The summed E-state index contributed by atoms with van der Waals surface area (Å²) in [5.74, 6) is 1.38. The normalized spacial score (nSPS) is 10.7. The van der Waals surface area contributed by atoms with Crippen LogP contribution in [0, 0.1) is 0 Å². The number of aromatic nitrogens is 2. The number of aliphatic hydroxyl groups excluding tert-OH is 1. The zero-order valence-electron chi connectivity index (χ0n) is 11.6. The third-order valence-corrected chi connectivity index (χ3v) is 3.24. The van der Waals surface area contributed by atoms with Crippen molar-refractivity contribution < 1.29 is 9.52 Å². The van der Waals surface area contributed by atoms with Crippen molar-refractivity contribution in [3.8, 4) is 0 Å². The lowest BCUT2D eigenvalue weighted by molar-refractivity contribution is 0.244. The van der Waals surface area contributed by atoms with Gasteiger partial charge in [-0.25, -0.2) is 0 Å². The lowest BCUT2D eigenvalue weighted by atomic mass is 10.1. The van der Waals surface area contributed by atoms with E-state index in [0.29, 0.717) is 12.3 Å². The lowest BCUT2D eigenvalue weighted by Gasteiger charge is -2.11. The summed E-state index contributed by atoms with van der Waals surface area (Å²) in [6.45, 7) is 1.22. The lowest BCUT2D eigenvalue weighted by Crippen LogP contribution is -2.06. The summed E-state index contributed by atoms with van der Waals surface area (Å²) in [5, 5.41) is 16.6. The highest BCUT2D eigenvalue weighted by Gasteiger charge is 2.05. The molecule has 0 bridgehead atoms. The molecule has 108 valence electrons. The molecule has 2 aromatic heterocycles. The molecule has 2 N–H and O–H groups in total. The standard InChI is InChI=1S/C16H17N3O2/c20-12-15-7-6-14(21-15)10-17-16-5-2-1-4-13(16)11-19-9-3-8-18-19/h1-9,17,20H,10-12H2. The smallest absolute Gasteiger partial charge is 0.129 e. The van der Waals surface area contributed by atoms with Crippen LogP contribution in [0.3, 0.4) is 0 Å². The Hall–Kier alpha value is -2.53. The molecule has 21 heavy (non-hydrogen) atoms. The number of hydrogen-bond donors (Lipinski definition) is 2. The molecule has 0 aliphatic heterocycles. The van der Waals surface area contributed by atoms with Gasteiger partial charge in [-0.15, -0.1) is 0 Å². The first-order valence-electron chi connectivity index (χ1n) is 6.83. The summed E-state index contributed by atoms with van der Waals surface area (Å²) in [6.07, 6.45) is 3.71. The van der Waals surface area contributed by atoms with Gasteiger partial charge in [0.15, 0.2) is 0 Å². The molecule has 0 atom stereocenters. The summed E-state index contributed by atoms with van der Waals surface area (Å²) in [7, 11) is 0. The Labute approximate surface area is 122 Å². The van der Waals surface area contributed by atoms with E-state index in [9.17, 15) is 0 Å². The third kappa shape index (κ3) is 3.32. The SMILES string of the molecule is OCc1ccc(CNc2ccccc2Cn2cccn2)o1. The van der Waals surface area contributed by atoms with E-state index in [2.05, 4.69) is 16.5 Å². The molecule has 0 aliphatic carbocycles. The Morgan fingerprint density at radius 3 is 2.71 bits per heavy atom. The van der Waals surface area contributed by atoms with Crippen LogP contribution in [0.2, 0.25) is 0 Å². The highest BCUT2D eigenvalue weighted by molar-refractivity contribution is 5.51. The first kappa shape index (κ1) is 13.5. The first-order valence-corrected chi connectivity index (χ1v) is 6.83. The predicted octanol–water partition coefficient (Wildman–Crippen LogP) is 2.63. The molecular weight excluding hydrogens is 266 g/mol. The molecule has 1 aromatic carbocycles. The van der Waals surface area contributed by atoms with Crippen LogP contribution in [0.4, 0.5) is 5.69 Å². The van der Waals surface area contributed by atoms with Crippen LogP contribution in [0.15, 0.2) is 59.3 Å². The maximum Gasteiger partial charge on any atom is 0.129 e. The number of aliphatic hydroxyl groups is 1. The number of para-hydroxylation sites is 1. The van der Waals surface area contributed by atoms with E-state index in [-0.39, 0.29) is 6.61 Å². The summed E-state index contributed by atoms with van der Waals surface area (Å²) in [6, 6.07) is 13.7. The Morgan fingerprint density at radius 1 is 1.10 bits per heavy atom. The zero-order chi connectivity index (χ0) is 14.5. The largest absolute Gasteiger partial charge is 0.462 e. The molecule has 0 aliphatic rings. The van der Waals surface area contributed by atoms with Gasteiger partial charge < -0.3 is 14.8 Å². The van der Waals surface area contributed by atoms with Crippen LogP contribution in [0.25, 0.3) is 0 Å². The number of anilines is 1. The minimum Gasteiger partial charge on any atom is -0.462 e. The van der Waals surface area contributed by atoms with Gasteiger partial charge in [-0.1, -0.05) is 18.2 Å². The molecule has 0 saturated heterocycles. The van der Waals surface area contributed by atoms with Gasteiger partial charge in [0.1, 0.15) is 18.1 Å². The van der Waals surface area contributed by atoms with Crippen molar-refractivity contribution in [2.24, 2.45) is 0 Å². The Bertz CT molecular complexity index is 689. The molecule has 3 aromatic rings. The minimum atomic E-state index is -0.0735. The van der Waals surface area contributed by atoms with Crippen molar-refractivity contribution >= 4 is 5.69 Å². The molecule has 0 spiro atoms. The van der Waals surface area contributed by atoms with E-state index >= 15 is 0 Å². The van der Waals surface area contributed by atoms with Crippen molar-refractivity contribution in [1.82, 2.24) is 9.78 Å². The topological polar surface area (TPSA) is 63.2 Å². The predicted molar refractivity (Wildman–Crippen MR) is 79.7 cm³/mol. The van der Waals surface area contributed by atoms with Gasteiger partial charge >= 0.3 is 0 Å². The van der Waals surface area contributed by atoms with Crippen molar-refractivity contribution in [2.45, 2.75) is 19.7 Å². The summed E-state index contributed by atoms with van der Waals surface area (Å²) >= 11 is 0. The molecule has 5 nitrogen and oxygen atoms in total. The van der Waals surface area contributed by atoms with Crippen molar-refractivity contribution in [3.05, 3.63) is 71.9 Å². The van der Waals surface area contributed by atoms with Gasteiger partial charge in [0.2, 0.25) is 0 Å². The molecule has 5 heteroatoms. The van der Waals surface area contributed by atoms with Crippen LogP contribution >= 0.6 is 0 Å². The Kier molecular flexibility index (Phi) is 4.02. The number of hydrogen-bond acceptors (Lipinski definition) is 4. The van der Waals surface area contributed by atoms with Gasteiger partial charge in [0.05, 0.1) is 13.1 Å². The van der Waals surface area contributed by atoms with Gasteiger partial charge in [-0.05, 0) is 29.8 Å². The number of rotatable bonds is 6. The molecule has 0 amide bonds. The number of benzene rings is 1. The highest BCUT2D eigenvalue weighted by atomic mass is 16.4. The number of nitrogens with one attached hydrogen (secondary N) is 1. The monoisotopic (exact) mass is 283 g/mol. The van der Waals surface area contributed by atoms with Gasteiger partial charge in [-0.2, -0.15) is 5.10 Å². The van der Waals surface area contributed by atoms with Crippen molar-refractivity contribution in [2.75, 3.05) is 5.32 Å². The second-order valence-corrected chi connectivity index (χ2v) is 4.74. The molecule has 2 heterocycles. The van der Waals surface area contributed by atoms with E-state index in [1.807, 2.05) is 41.2 Å².